The Morgan fingerprint density at radius 2 is 1.81 bits per heavy atom. The summed E-state index contributed by atoms with van der Waals surface area (Å²) >= 11 is 0. The molecule has 1 fully saturated rings. The normalized spacial score (nSPS) is 19.2. The lowest BCUT2D eigenvalue weighted by atomic mass is 10.1. The molecule has 3 aromatic rings. The van der Waals surface area contributed by atoms with E-state index in [1.54, 1.807) is 0 Å². The molecule has 1 unspecified atom stereocenters. The molecule has 0 spiro atoms. The first-order valence-electron chi connectivity index (χ1n) is 10.8. The van der Waals surface area contributed by atoms with Crippen LogP contribution in [0, 0.1) is 17.1 Å². The molecule has 2 aromatic carbocycles. The fourth-order valence-corrected chi connectivity index (χ4v) is 4.80. The van der Waals surface area contributed by atoms with E-state index in [9.17, 15) is 9.18 Å². The van der Waals surface area contributed by atoms with Gasteiger partial charge in [0.05, 0.1) is 17.0 Å². The Bertz CT molecular complexity index is 1300. The van der Waals surface area contributed by atoms with Crippen LogP contribution in [0.1, 0.15) is 24.1 Å². The molecule has 0 bridgehead atoms. The number of nitrogens with zero attached hydrogens (tertiary/aromatic N) is 3. The number of H-pyrrole nitrogens is 1. The van der Waals surface area contributed by atoms with Crippen molar-refractivity contribution < 1.29 is 4.39 Å². The van der Waals surface area contributed by atoms with Crippen LogP contribution in [0.4, 0.5) is 15.8 Å². The predicted octanol–water partition coefficient (Wildman–Crippen LogP) is 3.49. The van der Waals surface area contributed by atoms with Gasteiger partial charge in [0.25, 0.3) is 5.56 Å². The zero-order valence-electron chi connectivity index (χ0n) is 17.6. The van der Waals surface area contributed by atoms with Crippen LogP contribution in [0.15, 0.2) is 53.3 Å². The van der Waals surface area contributed by atoms with Gasteiger partial charge in [-0.15, -0.1) is 0 Å². The Hall–Kier alpha value is -3.63. The van der Waals surface area contributed by atoms with Crippen molar-refractivity contribution in [3.63, 3.8) is 0 Å². The molecule has 0 radical (unpaired) electrons. The summed E-state index contributed by atoms with van der Waals surface area (Å²) in [5, 5.41) is 9.84. The van der Waals surface area contributed by atoms with Gasteiger partial charge in [-0.3, -0.25) is 9.69 Å². The summed E-state index contributed by atoms with van der Waals surface area (Å²) in [4.78, 5) is 20.3. The van der Waals surface area contributed by atoms with E-state index in [2.05, 4.69) is 26.9 Å². The molecule has 0 amide bonds. The molecular weight excluding hydrogens is 405 g/mol. The zero-order valence-corrected chi connectivity index (χ0v) is 17.6. The molecule has 1 aliphatic heterocycles. The summed E-state index contributed by atoms with van der Waals surface area (Å²) in [6, 6.07) is 14.6. The van der Waals surface area contributed by atoms with Gasteiger partial charge in [0.15, 0.2) is 0 Å². The summed E-state index contributed by atoms with van der Waals surface area (Å²) in [6.45, 7) is 3.77. The number of hydrogen-bond acceptors (Lipinski definition) is 5. The second-order valence-electron chi connectivity index (χ2n) is 8.45. The van der Waals surface area contributed by atoms with Crippen molar-refractivity contribution in [3.8, 4) is 6.07 Å². The number of nitrogens with one attached hydrogen (secondary N) is 1. The molecule has 2 aliphatic rings. The molecule has 2 heterocycles. The Labute approximate surface area is 185 Å². The number of allylic oxidation sites excluding steroid dienone is 1. The molecule has 0 saturated carbocycles. The summed E-state index contributed by atoms with van der Waals surface area (Å²) in [6.07, 6.45) is 4.13. The van der Waals surface area contributed by atoms with Crippen LogP contribution in [0.2, 0.25) is 0 Å². The van der Waals surface area contributed by atoms with Gasteiger partial charge in [0.1, 0.15) is 5.82 Å². The van der Waals surface area contributed by atoms with Crippen LogP contribution in [0.5, 0.6) is 0 Å². The SMILES string of the molecule is N#Cc1ccc(N2CCN(C3C=C(c4cc5c(N)cc(F)cc5c(=O)[nH]4)CC3)CC2)cc1. The second kappa shape index (κ2) is 8.13. The smallest absolute Gasteiger partial charge is 0.256 e. The van der Waals surface area contributed by atoms with E-state index < -0.39 is 5.82 Å². The Balaban J connectivity index is 1.31. The predicted molar refractivity (Wildman–Crippen MR) is 125 cm³/mol. The summed E-state index contributed by atoms with van der Waals surface area (Å²) in [7, 11) is 0. The molecule has 1 aromatic heterocycles. The number of aromatic nitrogens is 1. The number of fused-ring (bicyclic) bond motifs is 1. The van der Waals surface area contributed by atoms with Gasteiger partial charge in [0, 0.05) is 54.7 Å². The number of nitriles is 1. The monoisotopic (exact) mass is 429 g/mol. The number of pyridine rings is 1. The van der Waals surface area contributed by atoms with Gasteiger partial charge in [-0.2, -0.15) is 5.26 Å². The van der Waals surface area contributed by atoms with Crippen molar-refractivity contribution in [2.75, 3.05) is 36.8 Å². The number of halogens is 1. The van der Waals surface area contributed by atoms with E-state index in [0.29, 0.717) is 17.0 Å². The van der Waals surface area contributed by atoms with E-state index in [4.69, 9.17) is 11.0 Å². The number of piperazine rings is 1. The minimum absolute atomic E-state index is 0.278. The minimum Gasteiger partial charge on any atom is -0.398 e. The maximum atomic E-state index is 13.6. The number of benzene rings is 2. The lowest BCUT2D eigenvalue weighted by molar-refractivity contribution is 0.214. The fourth-order valence-electron chi connectivity index (χ4n) is 4.80. The highest BCUT2D eigenvalue weighted by molar-refractivity contribution is 5.94. The number of anilines is 2. The topological polar surface area (TPSA) is 89.2 Å². The molecule has 1 atom stereocenters. The highest BCUT2D eigenvalue weighted by Crippen LogP contribution is 2.32. The maximum absolute atomic E-state index is 13.6. The first-order valence-corrected chi connectivity index (χ1v) is 10.8. The fraction of sp³-hybridized carbons (Fsp3) is 0.280. The molecule has 7 heteroatoms. The number of nitrogens with two attached hydrogens (primary N) is 1. The van der Waals surface area contributed by atoms with Crippen molar-refractivity contribution in [1.82, 2.24) is 9.88 Å². The van der Waals surface area contributed by atoms with E-state index in [-0.39, 0.29) is 16.6 Å². The average molecular weight is 429 g/mol. The third-order valence-electron chi connectivity index (χ3n) is 6.55. The molecule has 162 valence electrons. The third kappa shape index (κ3) is 3.74. The van der Waals surface area contributed by atoms with Crippen LogP contribution in [-0.2, 0) is 0 Å². The van der Waals surface area contributed by atoms with E-state index in [1.807, 2.05) is 30.3 Å². The number of aromatic amines is 1. The lowest BCUT2D eigenvalue weighted by Gasteiger charge is -2.38. The van der Waals surface area contributed by atoms with Gasteiger partial charge in [-0.05, 0) is 60.9 Å². The van der Waals surface area contributed by atoms with Gasteiger partial charge in [-0.25, -0.2) is 4.39 Å². The Kier molecular flexibility index (Phi) is 5.16. The van der Waals surface area contributed by atoms with Gasteiger partial charge >= 0.3 is 0 Å². The first kappa shape index (κ1) is 20.3. The zero-order chi connectivity index (χ0) is 22.2. The number of rotatable bonds is 3. The van der Waals surface area contributed by atoms with Crippen molar-refractivity contribution >= 4 is 27.7 Å². The molecule has 3 N–H and O–H groups in total. The van der Waals surface area contributed by atoms with Crippen LogP contribution in [0.25, 0.3) is 16.3 Å². The molecule has 1 aliphatic carbocycles. The van der Waals surface area contributed by atoms with E-state index >= 15 is 0 Å². The molecule has 32 heavy (non-hydrogen) atoms. The van der Waals surface area contributed by atoms with Crippen molar-refractivity contribution in [2.24, 2.45) is 0 Å². The van der Waals surface area contributed by atoms with Crippen LogP contribution in [-0.4, -0.2) is 42.1 Å². The second-order valence-corrected chi connectivity index (χ2v) is 8.45. The summed E-state index contributed by atoms with van der Waals surface area (Å²) in [5.74, 6) is -0.506. The van der Waals surface area contributed by atoms with E-state index in [0.717, 1.165) is 56.0 Å². The Morgan fingerprint density at radius 3 is 2.53 bits per heavy atom. The first-order chi connectivity index (χ1) is 15.5. The molecule has 1 saturated heterocycles. The quantitative estimate of drug-likeness (QED) is 0.622. The molecule has 6 nitrogen and oxygen atoms in total. The van der Waals surface area contributed by atoms with Crippen LogP contribution in [0.3, 0.4) is 0 Å². The number of hydrogen-bond donors (Lipinski definition) is 2. The van der Waals surface area contributed by atoms with Crippen molar-refractivity contribution in [2.45, 2.75) is 18.9 Å². The van der Waals surface area contributed by atoms with Crippen molar-refractivity contribution in [1.29, 1.82) is 5.26 Å². The molecule has 5 rings (SSSR count). The van der Waals surface area contributed by atoms with Gasteiger partial charge < -0.3 is 15.6 Å². The standard InChI is InChI=1S/C25H24FN5O/c26-18-12-22-21(23(28)13-18)14-24(29-25(22)32)17-3-6-20(11-17)31-9-7-30(8-10-31)19-4-1-16(15-27)2-5-19/h1-2,4-5,11-14,20H,3,6-10,28H2,(H,29,32). The summed E-state index contributed by atoms with van der Waals surface area (Å²) in [5.41, 5.74) is 9.63. The largest absolute Gasteiger partial charge is 0.398 e. The maximum Gasteiger partial charge on any atom is 0.256 e. The minimum atomic E-state index is -0.506. The average Bonchev–Trinajstić information content (AvgIpc) is 3.30. The Morgan fingerprint density at radius 1 is 1.06 bits per heavy atom. The summed E-state index contributed by atoms with van der Waals surface area (Å²) < 4.78 is 13.6. The van der Waals surface area contributed by atoms with Crippen LogP contribution < -0.4 is 16.2 Å². The lowest BCUT2D eigenvalue weighted by Crippen LogP contribution is -2.49. The van der Waals surface area contributed by atoms with Crippen molar-refractivity contribution in [3.05, 3.63) is 76.0 Å². The molecular formula is C25H24FN5O. The highest BCUT2D eigenvalue weighted by atomic mass is 19.1. The highest BCUT2D eigenvalue weighted by Gasteiger charge is 2.27. The number of nitrogen functional groups attached to an aromatic ring is 1. The third-order valence-corrected chi connectivity index (χ3v) is 6.55. The van der Waals surface area contributed by atoms with Gasteiger partial charge in [0.2, 0.25) is 0 Å². The van der Waals surface area contributed by atoms with E-state index in [1.165, 1.54) is 12.1 Å². The van der Waals surface area contributed by atoms with Crippen LogP contribution >= 0.6 is 0 Å². The van der Waals surface area contributed by atoms with Gasteiger partial charge in [-0.1, -0.05) is 6.08 Å².